The lowest BCUT2D eigenvalue weighted by Crippen LogP contribution is -2.52. The van der Waals surface area contributed by atoms with Gasteiger partial charge in [-0.1, -0.05) is 42.5 Å². The number of benzene rings is 1. The van der Waals surface area contributed by atoms with Crippen LogP contribution in [0.5, 0.6) is 0 Å². The van der Waals surface area contributed by atoms with Crippen molar-refractivity contribution in [1.29, 1.82) is 0 Å². The second-order valence-corrected chi connectivity index (χ2v) is 6.80. The van der Waals surface area contributed by atoms with Crippen LogP contribution in [-0.4, -0.2) is 88.5 Å². The minimum absolute atomic E-state index is 0.650. The molecule has 0 unspecified atom stereocenters. The van der Waals surface area contributed by atoms with Crippen molar-refractivity contribution in [2.75, 3.05) is 72.7 Å². The van der Waals surface area contributed by atoms with Crippen LogP contribution < -0.4 is 5.32 Å². The molecule has 1 heterocycles. The smallest absolute Gasteiger partial charge is 0.194 e. The fourth-order valence-corrected chi connectivity index (χ4v) is 3.07. The first-order chi connectivity index (χ1) is 13.8. The van der Waals surface area contributed by atoms with E-state index in [-0.39, 0.29) is 0 Å². The number of aliphatic imine (C=N–C) groups is 1. The molecule has 0 bridgehead atoms. The Morgan fingerprint density at radius 2 is 1.89 bits per heavy atom. The van der Waals surface area contributed by atoms with Gasteiger partial charge in [-0.2, -0.15) is 0 Å². The zero-order valence-electron chi connectivity index (χ0n) is 17.5. The highest BCUT2D eigenvalue weighted by Crippen LogP contribution is 2.05. The highest BCUT2D eigenvalue weighted by molar-refractivity contribution is 5.80. The first kappa shape index (κ1) is 22.4. The molecule has 156 valence electrons. The summed E-state index contributed by atoms with van der Waals surface area (Å²) in [5.41, 5.74) is 1.26. The molecule has 0 spiro atoms. The first-order valence-corrected chi connectivity index (χ1v) is 10.4. The van der Waals surface area contributed by atoms with Gasteiger partial charge < -0.3 is 19.7 Å². The van der Waals surface area contributed by atoms with Gasteiger partial charge in [-0.15, -0.1) is 0 Å². The molecule has 1 aromatic rings. The van der Waals surface area contributed by atoms with E-state index < -0.39 is 0 Å². The summed E-state index contributed by atoms with van der Waals surface area (Å²) in [4.78, 5) is 9.63. The molecule has 1 N–H and O–H groups in total. The topological polar surface area (TPSA) is 49.3 Å². The van der Waals surface area contributed by atoms with Crippen LogP contribution in [0.3, 0.4) is 0 Å². The number of hydrogen-bond donors (Lipinski definition) is 1. The third-order valence-corrected chi connectivity index (χ3v) is 4.62. The van der Waals surface area contributed by atoms with E-state index >= 15 is 0 Å². The van der Waals surface area contributed by atoms with Crippen LogP contribution in [0.1, 0.15) is 18.9 Å². The molecular weight excluding hydrogens is 352 g/mol. The third-order valence-electron chi connectivity index (χ3n) is 4.62. The van der Waals surface area contributed by atoms with Crippen molar-refractivity contribution in [3.8, 4) is 0 Å². The van der Waals surface area contributed by atoms with Crippen molar-refractivity contribution in [2.24, 2.45) is 4.99 Å². The Morgan fingerprint density at radius 1 is 1.11 bits per heavy atom. The summed E-state index contributed by atoms with van der Waals surface area (Å²) in [5.74, 6) is 1.03. The monoisotopic (exact) mass is 388 g/mol. The molecule has 2 rings (SSSR count). The molecular formula is C22H36N4O2. The highest BCUT2D eigenvalue weighted by atomic mass is 16.5. The molecule has 1 fully saturated rings. The van der Waals surface area contributed by atoms with Crippen molar-refractivity contribution in [2.45, 2.75) is 13.3 Å². The second-order valence-electron chi connectivity index (χ2n) is 6.80. The average Bonchev–Trinajstić information content (AvgIpc) is 2.74. The second kappa shape index (κ2) is 14.2. The van der Waals surface area contributed by atoms with E-state index in [2.05, 4.69) is 64.5 Å². The van der Waals surface area contributed by atoms with E-state index in [1.165, 1.54) is 5.56 Å². The van der Waals surface area contributed by atoms with Crippen LogP contribution in [0.4, 0.5) is 0 Å². The predicted molar refractivity (Wildman–Crippen MR) is 117 cm³/mol. The van der Waals surface area contributed by atoms with Gasteiger partial charge >= 0.3 is 0 Å². The summed E-state index contributed by atoms with van der Waals surface area (Å²) in [6, 6.07) is 10.5. The molecule has 1 aromatic carbocycles. The van der Waals surface area contributed by atoms with Crippen LogP contribution in [-0.2, 0) is 9.47 Å². The van der Waals surface area contributed by atoms with Gasteiger partial charge in [0.15, 0.2) is 5.96 Å². The van der Waals surface area contributed by atoms with Crippen LogP contribution in [0.25, 0.3) is 6.08 Å². The van der Waals surface area contributed by atoms with Gasteiger partial charge in [0.2, 0.25) is 0 Å². The number of rotatable bonds is 11. The molecule has 6 nitrogen and oxygen atoms in total. The molecule has 0 atom stereocenters. The van der Waals surface area contributed by atoms with E-state index in [9.17, 15) is 0 Å². The largest absolute Gasteiger partial charge is 0.382 e. The van der Waals surface area contributed by atoms with E-state index in [4.69, 9.17) is 14.5 Å². The van der Waals surface area contributed by atoms with Gasteiger partial charge in [0.05, 0.1) is 13.2 Å². The van der Waals surface area contributed by atoms with Crippen molar-refractivity contribution in [1.82, 2.24) is 15.1 Å². The Bertz CT molecular complexity index is 569. The number of hydrogen-bond acceptors (Lipinski definition) is 4. The minimum Gasteiger partial charge on any atom is -0.382 e. The van der Waals surface area contributed by atoms with Gasteiger partial charge in [-0.25, -0.2) is 0 Å². The van der Waals surface area contributed by atoms with Crippen LogP contribution in [0.2, 0.25) is 0 Å². The third kappa shape index (κ3) is 8.87. The van der Waals surface area contributed by atoms with Gasteiger partial charge in [0, 0.05) is 59.5 Å². The Kier molecular flexibility index (Phi) is 11.3. The average molecular weight is 389 g/mol. The lowest BCUT2D eigenvalue weighted by Gasteiger charge is -2.36. The molecule has 1 aliphatic rings. The highest BCUT2D eigenvalue weighted by Gasteiger charge is 2.18. The normalized spacial score (nSPS) is 16.1. The maximum Gasteiger partial charge on any atom is 0.194 e. The Balaban J connectivity index is 1.69. The fraction of sp³-hybridized carbons (Fsp3) is 0.591. The molecule has 0 aromatic heterocycles. The number of nitrogens with zero attached hydrogens (tertiary/aromatic N) is 3. The molecule has 6 heteroatoms. The Labute approximate surface area is 170 Å². The molecule has 28 heavy (non-hydrogen) atoms. The van der Waals surface area contributed by atoms with Gasteiger partial charge in [-0.3, -0.25) is 9.89 Å². The van der Waals surface area contributed by atoms with Gasteiger partial charge in [0.25, 0.3) is 0 Å². The number of piperazine rings is 1. The Morgan fingerprint density at radius 3 is 2.61 bits per heavy atom. The van der Waals surface area contributed by atoms with Gasteiger partial charge in [-0.05, 0) is 18.9 Å². The molecule has 0 saturated carbocycles. The lowest BCUT2D eigenvalue weighted by molar-refractivity contribution is 0.0702. The van der Waals surface area contributed by atoms with Crippen molar-refractivity contribution < 1.29 is 9.47 Å². The molecule has 1 aliphatic heterocycles. The molecule has 0 aliphatic carbocycles. The number of methoxy groups -OCH3 is 1. The van der Waals surface area contributed by atoms with Crippen molar-refractivity contribution in [3.05, 3.63) is 42.0 Å². The summed E-state index contributed by atoms with van der Waals surface area (Å²) >= 11 is 0. The molecule has 0 amide bonds. The van der Waals surface area contributed by atoms with Crippen LogP contribution >= 0.6 is 0 Å². The molecule has 1 saturated heterocycles. The summed E-state index contributed by atoms with van der Waals surface area (Å²) in [7, 11) is 1.69. The first-order valence-electron chi connectivity index (χ1n) is 10.4. The number of guanidine groups is 1. The molecule has 0 radical (unpaired) electrons. The fourth-order valence-electron chi connectivity index (χ4n) is 3.07. The summed E-state index contributed by atoms with van der Waals surface area (Å²) in [6.07, 6.45) is 5.39. The minimum atomic E-state index is 0.650. The maximum absolute atomic E-state index is 5.50. The summed E-state index contributed by atoms with van der Waals surface area (Å²) in [5, 5.41) is 3.43. The SMILES string of the molecule is CCNC(=NCCCOCCOC)N1CCN(C/C=C/c2ccccc2)CC1. The van der Waals surface area contributed by atoms with Crippen molar-refractivity contribution >= 4 is 12.0 Å². The van der Waals surface area contributed by atoms with Crippen LogP contribution in [0.15, 0.2) is 41.4 Å². The number of ether oxygens (including phenoxy) is 2. The van der Waals surface area contributed by atoms with Crippen molar-refractivity contribution in [3.63, 3.8) is 0 Å². The van der Waals surface area contributed by atoms with E-state index in [0.29, 0.717) is 13.2 Å². The van der Waals surface area contributed by atoms with Gasteiger partial charge in [0.1, 0.15) is 0 Å². The number of nitrogens with one attached hydrogen (secondary N) is 1. The summed E-state index contributed by atoms with van der Waals surface area (Å²) < 4.78 is 10.5. The summed E-state index contributed by atoms with van der Waals surface area (Å²) in [6.45, 7) is 11.0. The quantitative estimate of drug-likeness (QED) is 0.358. The predicted octanol–water partition coefficient (Wildman–Crippen LogP) is 2.34. The van der Waals surface area contributed by atoms with E-state index in [1.54, 1.807) is 7.11 Å². The standard InChI is InChI=1S/C22H36N4O2/c1-3-23-22(24-12-8-18-28-20-19-27-2)26-16-14-25(15-17-26)13-7-11-21-9-5-4-6-10-21/h4-7,9-11H,3,8,12-20H2,1-2H3,(H,23,24)/b11-7+. The Hall–Kier alpha value is -1.89. The van der Waals surface area contributed by atoms with E-state index in [0.717, 1.165) is 64.8 Å². The van der Waals surface area contributed by atoms with Crippen LogP contribution in [0, 0.1) is 0 Å². The lowest BCUT2D eigenvalue weighted by atomic mass is 10.2. The maximum atomic E-state index is 5.50. The van der Waals surface area contributed by atoms with E-state index in [1.807, 2.05) is 0 Å². The zero-order valence-corrected chi connectivity index (χ0v) is 17.5. The zero-order chi connectivity index (χ0) is 19.9.